The summed E-state index contributed by atoms with van der Waals surface area (Å²) in [5.41, 5.74) is -2.59. The standard InChI is InChI=1S/C20H22O10/c1-29-14-6-10-9(5-12(14)22)16(8-3-13(23)18(25)15(4-8)30-2)20(28,19(26)27)11(7-21)17(10)24/h3-6,11,16-17,21-25,28H,7H2,1-2H3,(H,26,27)/t11-,16+,17+,20-/m0/s1. The molecule has 0 aliphatic heterocycles. The van der Waals surface area contributed by atoms with Crippen LogP contribution in [0.5, 0.6) is 28.7 Å². The summed E-state index contributed by atoms with van der Waals surface area (Å²) in [7, 11) is 2.50. The normalized spacial score (nSPS) is 25.4. The summed E-state index contributed by atoms with van der Waals surface area (Å²) in [6.07, 6.45) is -1.61. The quantitative estimate of drug-likeness (QED) is 0.334. The predicted octanol–water partition coefficient (Wildman–Crippen LogP) is 0.424. The Morgan fingerprint density at radius 2 is 1.63 bits per heavy atom. The van der Waals surface area contributed by atoms with E-state index in [0.717, 1.165) is 12.1 Å². The number of carbonyl (C=O) groups is 1. The molecular formula is C20H22O10. The number of carboxylic acids is 1. The minimum atomic E-state index is -2.74. The largest absolute Gasteiger partial charge is 0.504 e. The van der Waals surface area contributed by atoms with E-state index in [9.17, 15) is 40.5 Å². The summed E-state index contributed by atoms with van der Waals surface area (Å²) < 4.78 is 10.0. The minimum absolute atomic E-state index is 0.00298. The van der Waals surface area contributed by atoms with Crippen LogP contribution in [0.2, 0.25) is 0 Å². The first-order valence-electron chi connectivity index (χ1n) is 8.87. The molecule has 0 saturated heterocycles. The molecule has 3 rings (SSSR count). The van der Waals surface area contributed by atoms with Crippen molar-refractivity contribution in [3.8, 4) is 28.7 Å². The smallest absolute Gasteiger partial charge is 0.337 e. The number of hydrogen-bond acceptors (Lipinski definition) is 9. The number of fused-ring (bicyclic) bond motifs is 1. The molecule has 30 heavy (non-hydrogen) atoms. The molecule has 10 nitrogen and oxygen atoms in total. The Hall–Kier alpha value is -3.21. The highest BCUT2D eigenvalue weighted by atomic mass is 16.5. The monoisotopic (exact) mass is 422 g/mol. The maximum atomic E-state index is 12.2. The fourth-order valence-electron chi connectivity index (χ4n) is 4.07. The second-order valence-electron chi connectivity index (χ2n) is 7.04. The van der Waals surface area contributed by atoms with Gasteiger partial charge in [-0.1, -0.05) is 0 Å². The number of aromatic hydroxyl groups is 3. The van der Waals surface area contributed by atoms with E-state index in [2.05, 4.69) is 0 Å². The number of rotatable bonds is 5. The highest BCUT2D eigenvalue weighted by Crippen LogP contribution is 2.54. The highest BCUT2D eigenvalue weighted by Gasteiger charge is 2.58. The Balaban J connectivity index is 2.40. The third-order valence-electron chi connectivity index (χ3n) is 5.57. The third-order valence-corrected chi connectivity index (χ3v) is 5.57. The molecule has 7 N–H and O–H groups in total. The van der Waals surface area contributed by atoms with Crippen LogP contribution >= 0.6 is 0 Å². The lowest BCUT2D eigenvalue weighted by atomic mass is 9.62. The van der Waals surface area contributed by atoms with E-state index < -0.39 is 47.6 Å². The molecule has 0 radical (unpaired) electrons. The third kappa shape index (κ3) is 2.96. The van der Waals surface area contributed by atoms with Gasteiger partial charge in [-0.3, -0.25) is 0 Å². The molecule has 0 bridgehead atoms. The van der Waals surface area contributed by atoms with Gasteiger partial charge in [-0.2, -0.15) is 0 Å². The number of carboxylic acid groups (broad SMARTS) is 1. The van der Waals surface area contributed by atoms with E-state index in [-0.39, 0.29) is 33.9 Å². The van der Waals surface area contributed by atoms with Crippen LogP contribution in [0, 0.1) is 5.92 Å². The van der Waals surface area contributed by atoms with Crippen LogP contribution in [0.4, 0.5) is 0 Å². The van der Waals surface area contributed by atoms with Gasteiger partial charge in [-0.15, -0.1) is 0 Å². The number of hydrogen-bond donors (Lipinski definition) is 7. The van der Waals surface area contributed by atoms with Gasteiger partial charge in [0.1, 0.15) is 0 Å². The van der Waals surface area contributed by atoms with E-state index in [1.807, 2.05) is 0 Å². The van der Waals surface area contributed by atoms with Crippen molar-refractivity contribution in [2.45, 2.75) is 17.6 Å². The van der Waals surface area contributed by atoms with Crippen LogP contribution in [-0.4, -0.2) is 68.1 Å². The lowest BCUT2D eigenvalue weighted by molar-refractivity contribution is -0.180. The Kier molecular flexibility index (Phi) is 5.42. The molecule has 10 heteroatoms. The zero-order chi connectivity index (χ0) is 22.4. The maximum absolute atomic E-state index is 12.2. The lowest BCUT2D eigenvalue weighted by Crippen LogP contribution is -2.57. The van der Waals surface area contributed by atoms with E-state index in [1.165, 1.54) is 26.4 Å². The Labute approximate surface area is 170 Å². The van der Waals surface area contributed by atoms with E-state index in [1.54, 1.807) is 0 Å². The van der Waals surface area contributed by atoms with Crippen molar-refractivity contribution >= 4 is 5.97 Å². The minimum Gasteiger partial charge on any atom is -0.504 e. The number of aliphatic hydroxyl groups excluding tert-OH is 2. The number of phenols is 3. The van der Waals surface area contributed by atoms with Gasteiger partial charge in [0.2, 0.25) is 5.75 Å². The lowest BCUT2D eigenvalue weighted by Gasteiger charge is -2.46. The summed E-state index contributed by atoms with van der Waals surface area (Å²) in [6.45, 7) is -0.885. The molecule has 4 atom stereocenters. The molecule has 0 heterocycles. The molecule has 0 amide bonds. The molecule has 162 valence electrons. The van der Waals surface area contributed by atoms with Gasteiger partial charge in [0, 0.05) is 5.92 Å². The zero-order valence-corrected chi connectivity index (χ0v) is 16.1. The molecular weight excluding hydrogens is 400 g/mol. The van der Waals surface area contributed by atoms with Crippen molar-refractivity contribution in [3.05, 3.63) is 41.0 Å². The topological polar surface area (TPSA) is 177 Å². The van der Waals surface area contributed by atoms with Crippen molar-refractivity contribution in [2.24, 2.45) is 5.92 Å². The molecule has 0 spiro atoms. The van der Waals surface area contributed by atoms with Gasteiger partial charge in [-0.05, 0) is 41.0 Å². The van der Waals surface area contributed by atoms with E-state index >= 15 is 0 Å². The van der Waals surface area contributed by atoms with Gasteiger partial charge >= 0.3 is 5.97 Å². The van der Waals surface area contributed by atoms with Gasteiger partial charge in [0.05, 0.1) is 32.8 Å². The number of ether oxygens (including phenoxy) is 2. The fourth-order valence-corrected chi connectivity index (χ4v) is 4.07. The van der Waals surface area contributed by atoms with Crippen molar-refractivity contribution in [1.82, 2.24) is 0 Å². The van der Waals surface area contributed by atoms with Gasteiger partial charge in [-0.25, -0.2) is 4.79 Å². The molecule has 2 aromatic rings. The summed E-state index contributed by atoms with van der Waals surface area (Å²) in [5.74, 6) is -6.57. The number of benzene rings is 2. The molecule has 0 saturated carbocycles. The van der Waals surface area contributed by atoms with Gasteiger partial charge in [0.15, 0.2) is 28.6 Å². The van der Waals surface area contributed by atoms with Crippen LogP contribution in [0.3, 0.4) is 0 Å². The van der Waals surface area contributed by atoms with Crippen LogP contribution < -0.4 is 9.47 Å². The second kappa shape index (κ2) is 7.56. The second-order valence-corrected chi connectivity index (χ2v) is 7.04. The molecule has 0 unspecified atom stereocenters. The summed E-state index contributed by atoms with van der Waals surface area (Å²) in [5, 5.41) is 72.0. The number of methoxy groups -OCH3 is 2. The number of aliphatic carboxylic acids is 1. The average Bonchev–Trinajstić information content (AvgIpc) is 2.70. The van der Waals surface area contributed by atoms with E-state index in [0.29, 0.717) is 0 Å². The van der Waals surface area contributed by atoms with Crippen molar-refractivity contribution in [3.63, 3.8) is 0 Å². The first-order chi connectivity index (χ1) is 14.1. The maximum Gasteiger partial charge on any atom is 0.337 e. The van der Waals surface area contributed by atoms with Gasteiger partial charge in [0.25, 0.3) is 0 Å². The number of phenolic OH excluding ortho intramolecular Hbond substituents is 3. The summed E-state index contributed by atoms with van der Waals surface area (Å²) >= 11 is 0. The first kappa shape index (κ1) is 21.5. The van der Waals surface area contributed by atoms with Crippen LogP contribution in [0.1, 0.15) is 28.7 Å². The fraction of sp³-hybridized carbons (Fsp3) is 0.350. The predicted molar refractivity (Wildman–Crippen MR) is 101 cm³/mol. The average molecular weight is 422 g/mol. The van der Waals surface area contributed by atoms with Crippen LogP contribution in [0.25, 0.3) is 0 Å². The van der Waals surface area contributed by atoms with E-state index in [4.69, 9.17) is 9.47 Å². The highest BCUT2D eigenvalue weighted by molar-refractivity contribution is 5.82. The first-order valence-corrected chi connectivity index (χ1v) is 8.87. The SMILES string of the molecule is COc1cc2c(cc1O)[C@@H](c1cc(O)c(O)c(OC)c1)[C@](O)(C(=O)O)[C@@H](CO)[C@@H]2O. The summed E-state index contributed by atoms with van der Waals surface area (Å²) in [4.78, 5) is 12.2. The Bertz CT molecular complexity index is 988. The van der Waals surface area contributed by atoms with Crippen molar-refractivity contribution < 1.29 is 50.0 Å². The zero-order valence-electron chi connectivity index (χ0n) is 16.1. The van der Waals surface area contributed by atoms with Crippen LogP contribution in [-0.2, 0) is 4.79 Å². The summed E-state index contributed by atoms with van der Waals surface area (Å²) in [6, 6.07) is 4.67. The molecule has 1 aliphatic rings. The molecule has 1 aliphatic carbocycles. The van der Waals surface area contributed by atoms with Crippen LogP contribution in [0.15, 0.2) is 24.3 Å². The van der Waals surface area contributed by atoms with Crippen molar-refractivity contribution in [1.29, 1.82) is 0 Å². The van der Waals surface area contributed by atoms with Gasteiger partial charge < -0.3 is 45.2 Å². The van der Waals surface area contributed by atoms with Crippen molar-refractivity contribution in [2.75, 3.05) is 20.8 Å². The Morgan fingerprint density at radius 1 is 1.00 bits per heavy atom. The molecule has 0 fully saturated rings. The number of aliphatic hydroxyl groups is 3. The Morgan fingerprint density at radius 3 is 2.17 bits per heavy atom. The molecule has 2 aromatic carbocycles. The molecule has 0 aromatic heterocycles.